The third kappa shape index (κ3) is 4.20. The molecular formula is C19H18BrNO4. The lowest BCUT2D eigenvalue weighted by Gasteiger charge is -2.21. The summed E-state index contributed by atoms with van der Waals surface area (Å²) in [6.07, 6.45) is 1.88. The van der Waals surface area contributed by atoms with Crippen molar-refractivity contribution in [2.45, 2.75) is 25.0 Å². The van der Waals surface area contributed by atoms with Crippen LogP contribution in [0.25, 0.3) is 0 Å². The Morgan fingerprint density at radius 1 is 1.24 bits per heavy atom. The maximum absolute atomic E-state index is 12.7. The first-order valence-corrected chi connectivity index (χ1v) is 8.76. The quantitative estimate of drug-likeness (QED) is 0.716. The highest BCUT2D eigenvalue weighted by Crippen LogP contribution is 2.36. The van der Waals surface area contributed by atoms with E-state index in [1.54, 1.807) is 12.1 Å². The summed E-state index contributed by atoms with van der Waals surface area (Å²) in [4.78, 5) is 23.9. The molecule has 0 spiro atoms. The molecule has 1 N–H and O–H groups in total. The van der Waals surface area contributed by atoms with E-state index < -0.39 is 6.10 Å². The number of amides is 1. The number of ether oxygens (including phenoxy) is 2. The van der Waals surface area contributed by atoms with E-state index in [-0.39, 0.29) is 11.9 Å². The van der Waals surface area contributed by atoms with Gasteiger partial charge in [-0.25, -0.2) is 0 Å². The average molecular weight is 404 g/mol. The highest BCUT2D eigenvalue weighted by molar-refractivity contribution is 9.10. The fourth-order valence-corrected chi connectivity index (χ4v) is 2.84. The van der Waals surface area contributed by atoms with Crippen LogP contribution >= 0.6 is 15.9 Å². The Bertz CT molecular complexity index is 774. The van der Waals surface area contributed by atoms with Crippen LogP contribution in [0.3, 0.4) is 0 Å². The van der Waals surface area contributed by atoms with E-state index in [4.69, 9.17) is 9.47 Å². The van der Waals surface area contributed by atoms with Crippen molar-refractivity contribution in [3.8, 4) is 11.5 Å². The normalized spacial score (nSPS) is 14.5. The maximum Gasteiger partial charge on any atom is 0.266 e. The lowest BCUT2D eigenvalue weighted by molar-refractivity contribution is -0.128. The van der Waals surface area contributed by atoms with Crippen molar-refractivity contribution in [2.75, 3.05) is 7.11 Å². The molecule has 6 heteroatoms. The van der Waals surface area contributed by atoms with Crippen LogP contribution < -0.4 is 14.8 Å². The van der Waals surface area contributed by atoms with Crippen molar-refractivity contribution in [3.05, 3.63) is 58.1 Å². The van der Waals surface area contributed by atoms with Crippen LogP contribution in [-0.4, -0.2) is 25.3 Å². The zero-order valence-corrected chi connectivity index (χ0v) is 15.3. The van der Waals surface area contributed by atoms with Crippen LogP contribution in [-0.2, 0) is 4.79 Å². The molecule has 2 aromatic rings. The molecule has 1 atom stereocenters. The number of hydrogen-bond donors (Lipinski definition) is 1. The Morgan fingerprint density at radius 3 is 2.56 bits per heavy atom. The monoisotopic (exact) mass is 403 g/mol. The molecule has 2 aromatic carbocycles. The Kier molecular flexibility index (Phi) is 5.38. The van der Waals surface area contributed by atoms with Crippen molar-refractivity contribution in [1.29, 1.82) is 0 Å². The number of rotatable bonds is 7. The van der Waals surface area contributed by atoms with Gasteiger partial charge in [0.2, 0.25) is 6.10 Å². The van der Waals surface area contributed by atoms with Crippen molar-refractivity contribution in [3.63, 3.8) is 0 Å². The highest BCUT2D eigenvalue weighted by Gasteiger charge is 2.30. The largest absolute Gasteiger partial charge is 0.493 e. The minimum Gasteiger partial charge on any atom is -0.493 e. The molecule has 0 saturated heterocycles. The number of methoxy groups -OCH3 is 1. The summed E-state index contributed by atoms with van der Waals surface area (Å²) < 4.78 is 11.9. The molecule has 130 valence electrons. The molecule has 1 aliphatic carbocycles. The number of carbonyl (C=O) groups excluding carboxylic acids is 2. The van der Waals surface area contributed by atoms with E-state index in [2.05, 4.69) is 21.2 Å². The zero-order chi connectivity index (χ0) is 17.8. The van der Waals surface area contributed by atoms with E-state index >= 15 is 0 Å². The van der Waals surface area contributed by atoms with E-state index in [0.29, 0.717) is 21.5 Å². The summed E-state index contributed by atoms with van der Waals surface area (Å²) in [5.74, 6) is 0.580. The minimum absolute atomic E-state index is 0.202. The van der Waals surface area contributed by atoms with Gasteiger partial charge in [0.25, 0.3) is 5.91 Å². The summed E-state index contributed by atoms with van der Waals surface area (Å²) in [6.45, 7) is 0. The molecule has 0 bridgehead atoms. The van der Waals surface area contributed by atoms with Gasteiger partial charge in [-0.3, -0.25) is 9.59 Å². The van der Waals surface area contributed by atoms with Gasteiger partial charge >= 0.3 is 0 Å². The molecule has 1 amide bonds. The van der Waals surface area contributed by atoms with Crippen molar-refractivity contribution in [2.24, 2.45) is 0 Å². The molecule has 1 aliphatic rings. The fraction of sp³-hybridized carbons (Fsp3) is 0.263. The summed E-state index contributed by atoms with van der Waals surface area (Å²) in [6, 6.07) is 12.7. The van der Waals surface area contributed by atoms with Crippen LogP contribution in [0, 0.1) is 0 Å². The Labute approximate surface area is 154 Å². The average Bonchev–Trinajstić information content (AvgIpc) is 3.44. The smallest absolute Gasteiger partial charge is 0.266 e. The van der Waals surface area contributed by atoms with Crippen molar-refractivity contribution < 1.29 is 19.1 Å². The second-order valence-electron chi connectivity index (χ2n) is 5.83. The number of carbonyl (C=O) groups is 2. The molecular weight excluding hydrogens is 386 g/mol. The van der Waals surface area contributed by atoms with Crippen LogP contribution in [0.2, 0.25) is 0 Å². The van der Waals surface area contributed by atoms with E-state index in [1.165, 1.54) is 7.11 Å². The molecule has 0 aromatic heterocycles. The molecule has 1 saturated carbocycles. The van der Waals surface area contributed by atoms with E-state index in [9.17, 15) is 9.59 Å². The lowest BCUT2D eigenvalue weighted by Crippen LogP contribution is -2.34. The molecule has 0 heterocycles. The fourth-order valence-electron chi connectivity index (χ4n) is 2.43. The van der Waals surface area contributed by atoms with Gasteiger partial charge in [0.15, 0.2) is 17.8 Å². The second-order valence-corrected chi connectivity index (χ2v) is 6.69. The zero-order valence-electron chi connectivity index (χ0n) is 13.7. The van der Waals surface area contributed by atoms with Crippen molar-refractivity contribution >= 4 is 28.1 Å². The summed E-state index contributed by atoms with van der Waals surface area (Å²) in [5.41, 5.74) is 1.16. The maximum atomic E-state index is 12.7. The second kappa shape index (κ2) is 7.70. The Morgan fingerprint density at radius 2 is 1.96 bits per heavy atom. The van der Waals surface area contributed by atoms with Crippen LogP contribution in [0.1, 0.15) is 34.9 Å². The van der Waals surface area contributed by atoms with E-state index in [0.717, 1.165) is 24.7 Å². The topological polar surface area (TPSA) is 64.6 Å². The molecule has 5 nitrogen and oxygen atoms in total. The SMILES string of the molecule is COc1cc(Br)c(C=O)cc1O[C@H](C(=O)NC1CC1)c1ccccc1. The number of nitrogens with one attached hydrogen (secondary N) is 1. The minimum atomic E-state index is -0.823. The molecule has 0 radical (unpaired) electrons. The number of hydrogen-bond acceptors (Lipinski definition) is 4. The molecule has 3 rings (SSSR count). The van der Waals surface area contributed by atoms with Crippen LogP contribution in [0.4, 0.5) is 0 Å². The lowest BCUT2D eigenvalue weighted by atomic mass is 10.1. The summed E-state index contributed by atoms with van der Waals surface area (Å²) in [5, 5.41) is 2.97. The third-order valence-corrected chi connectivity index (χ3v) is 4.61. The summed E-state index contributed by atoms with van der Waals surface area (Å²) in [7, 11) is 1.51. The number of benzene rings is 2. The van der Waals surface area contributed by atoms with Gasteiger partial charge in [0, 0.05) is 21.6 Å². The third-order valence-electron chi connectivity index (χ3n) is 3.92. The first-order valence-electron chi connectivity index (χ1n) is 7.97. The number of aldehydes is 1. The van der Waals surface area contributed by atoms with Gasteiger partial charge < -0.3 is 14.8 Å². The highest BCUT2D eigenvalue weighted by atomic mass is 79.9. The van der Waals surface area contributed by atoms with Gasteiger partial charge in [-0.05, 0) is 40.9 Å². The first-order chi connectivity index (χ1) is 12.1. The van der Waals surface area contributed by atoms with Gasteiger partial charge in [-0.2, -0.15) is 0 Å². The van der Waals surface area contributed by atoms with Gasteiger partial charge in [0.05, 0.1) is 7.11 Å². The van der Waals surface area contributed by atoms with Gasteiger partial charge in [-0.15, -0.1) is 0 Å². The van der Waals surface area contributed by atoms with Crippen LogP contribution in [0.15, 0.2) is 46.9 Å². The molecule has 25 heavy (non-hydrogen) atoms. The predicted molar refractivity (Wildman–Crippen MR) is 97.1 cm³/mol. The molecule has 1 fully saturated rings. The molecule has 0 unspecified atom stereocenters. The van der Waals surface area contributed by atoms with Crippen LogP contribution in [0.5, 0.6) is 11.5 Å². The molecule has 0 aliphatic heterocycles. The Balaban J connectivity index is 1.94. The summed E-state index contributed by atoms with van der Waals surface area (Å²) >= 11 is 3.32. The number of halogens is 1. The van der Waals surface area contributed by atoms with Gasteiger partial charge in [-0.1, -0.05) is 30.3 Å². The van der Waals surface area contributed by atoms with Gasteiger partial charge in [0.1, 0.15) is 0 Å². The standard InChI is InChI=1S/C19H18BrNO4/c1-24-16-10-15(20)13(11-22)9-17(16)25-18(12-5-3-2-4-6-12)19(23)21-14-7-8-14/h2-6,9-11,14,18H,7-8H2,1H3,(H,21,23)/t18-/m0/s1. The predicted octanol–water partition coefficient (Wildman–Crippen LogP) is 3.67. The van der Waals surface area contributed by atoms with E-state index in [1.807, 2.05) is 30.3 Å². The first kappa shape index (κ1) is 17.5. The Hall–Kier alpha value is -2.34. The van der Waals surface area contributed by atoms with Crippen molar-refractivity contribution in [1.82, 2.24) is 5.32 Å².